The fourth-order valence-electron chi connectivity index (χ4n) is 1.85. The fourth-order valence-corrected chi connectivity index (χ4v) is 3.07. The Morgan fingerprint density at radius 2 is 1.94 bits per heavy atom. The molecule has 100 valence electrons. The number of esters is 1. The minimum Gasteiger partial charge on any atom is -0.465 e. The van der Waals surface area contributed by atoms with Gasteiger partial charge in [-0.3, -0.25) is 4.79 Å². The molecular formula is C10H19NO5S. The summed E-state index contributed by atoms with van der Waals surface area (Å²) in [5, 5.41) is 9.29. The summed E-state index contributed by atoms with van der Waals surface area (Å²) in [6.45, 7) is 1.80. The quantitative estimate of drug-likeness (QED) is 0.670. The molecule has 0 bridgehead atoms. The Labute approximate surface area is 101 Å². The van der Waals surface area contributed by atoms with Crippen LogP contribution in [0.3, 0.4) is 0 Å². The second kappa shape index (κ2) is 6.32. The largest absolute Gasteiger partial charge is 0.465 e. The zero-order valence-corrected chi connectivity index (χ0v) is 10.7. The molecule has 1 aliphatic rings. The molecule has 0 spiro atoms. The predicted molar refractivity (Wildman–Crippen MR) is 61.8 cm³/mol. The van der Waals surface area contributed by atoms with Crippen LogP contribution in [0.2, 0.25) is 0 Å². The van der Waals surface area contributed by atoms with Crippen LogP contribution in [0.25, 0.3) is 0 Å². The maximum atomic E-state index is 11.6. The number of hydrogen-bond donors (Lipinski definition) is 2. The van der Waals surface area contributed by atoms with E-state index < -0.39 is 21.7 Å². The number of aliphatic hydroxyl groups is 1. The van der Waals surface area contributed by atoms with E-state index in [2.05, 4.69) is 9.46 Å². The van der Waals surface area contributed by atoms with Crippen LogP contribution in [-0.2, 0) is 19.6 Å². The van der Waals surface area contributed by atoms with E-state index in [1.54, 1.807) is 6.92 Å². The van der Waals surface area contributed by atoms with Crippen LogP contribution in [0.15, 0.2) is 0 Å². The standard InChI is InChI=1S/C10H19NO5S/c1-2-16-10(13)7-17(14,15)11-8-3-5-9(12)6-4-8/h8-9,11-12H,2-7H2,1H3. The molecule has 7 heteroatoms. The van der Waals surface area contributed by atoms with Gasteiger partial charge in [-0.2, -0.15) is 0 Å². The second-order valence-electron chi connectivity index (χ2n) is 4.19. The van der Waals surface area contributed by atoms with Gasteiger partial charge in [0.25, 0.3) is 0 Å². The molecule has 2 N–H and O–H groups in total. The second-order valence-corrected chi connectivity index (χ2v) is 5.94. The van der Waals surface area contributed by atoms with Gasteiger partial charge in [0.05, 0.1) is 12.7 Å². The van der Waals surface area contributed by atoms with Gasteiger partial charge in [0.2, 0.25) is 10.0 Å². The monoisotopic (exact) mass is 265 g/mol. The summed E-state index contributed by atoms with van der Waals surface area (Å²) >= 11 is 0. The normalized spacial score (nSPS) is 25.5. The van der Waals surface area contributed by atoms with Crippen LogP contribution in [-0.4, -0.2) is 44.0 Å². The molecule has 0 radical (unpaired) electrons. The first-order valence-electron chi connectivity index (χ1n) is 5.76. The van der Waals surface area contributed by atoms with Crippen molar-refractivity contribution in [2.24, 2.45) is 0 Å². The minimum absolute atomic E-state index is 0.171. The molecule has 0 amide bonds. The first-order valence-corrected chi connectivity index (χ1v) is 7.42. The Bertz CT molecular complexity index is 346. The van der Waals surface area contributed by atoms with E-state index in [-0.39, 0.29) is 18.8 Å². The van der Waals surface area contributed by atoms with Crippen molar-refractivity contribution in [1.82, 2.24) is 4.72 Å². The molecule has 0 aromatic rings. The Hall–Kier alpha value is -0.660. The third kappa shape index (κ3) is 5.47. The van der Waals surface area contributed by atoms with E-state index in [0.29, 0.717) is 25.7 Å². The van der Waals surface area contributed by atoms with E-state index in [9.17, 15) is 18.3 Å². The Morgan fingerprint density at radius 3 is 2.47 bits per heavy atom. The summed E-state index contributed by atoms with van der Waals surface area (Å²) in [6, 6.07) is -0.183. The number of ether oxygens (including phenoxy) is 1. The summed E-state index contributed by atoms with van der Waals surface area (Å²) in [5.41, 5.74) is 0. The molecule has 1 fully saturated rings. The number of nitrogens with one attached hydrogen (secondary N) is 1. The van der Waals surface area contributed by atoms with Crippen molar-refractivity contribution in [3.63, 3.8) is 0 Å². The van der Waals surface area contributed by atoms with Gasteiger partial charge in [0, 0.05) is 6.04 Å². The lowest BCUT2D eigenvalue weighted by atomic mass is 9.94. The zero-order chi connectivity index (χ0) is 12.9. The molecule has 0 aromatic carbocycles. The van der Waals surface area contributed by atoms with Gasteiger partial charge >= 0.3 is 5.97 Å². The molecular weight excluding hydrogens is 246 g/mol. The maximum Gasteiger partial charge on any atom is 0.322 e. The average molecular weight is 265 g/mol. The molecule has 0 atom stereocenters. The molecule has 6 nitrogen and oxygen atoms in total. The molecule has 1 saturated carbocycles. The number of carbonyl (C=O) groups excluding carboxylic acids is 1. The van der Waals surface area contributed by atoms with Crippen molar-refractivity contribution in [2.45, 2.75) is 44.8 Å². The summed E-state index contributed by atoms with van der Waals surface area (Å²) in [7, 11) is -3.63. The molecule has 17 heavy (non-hydrogen) atoms. The van der Waals surface area contributed by atoms with E-state index in [4.69, 9.17) is 0 Å². The number of rotatable bonds is 5. The lowest BCUT2D eigenvalue weighted by Crippen LogP contribution is -2.41. The first-order chi connectivity index (χ1) is 7.93. The predicted octanol–water partition coefficient (Wildman–Crippen LogP) is -0.228. The smallest absolute Gasteiger partial charge is 0.322 e. The average Bonchev–Trinajstić information content (AvgIpc) is 2.20. The Morgan fingerprint density at radius 1 is 1.35 bits per heavy atom. The van der Waals surface area contributed by atoms with Crippen LogP contribution in [0.4, 0.5) is 0 Å². The Balaban J connectivity index is 2.41. The van der Waals surface area contributed by atoms with Gasteiger partial charge in [0.15, 0.2) is 5.75 Å². The van der Waals surface area contributed by atoms with E-state index in [1.807, 2.05) is 0 Å². The highest BCUT2D eigenvalue weighted by atomic mass is 32.2. The highest BCUT2D eigenvalue weighted by Gasteiger charge is 2.25. The summed E-state index contributed by atoms with van der Waals surface area (Å²) in [6.07, 6.45) is 2.05. The fraction of sp³-hybridized carbons (Fsp3) is 0.900. The summed E-state index contributed by atoms with van der Waals surface area (Å²) in [5.74, 6) is -1.38. The molecule has 0 unspecified atom stereocenters. The third-order valence-electron chi connectivity index (χ3n) is 2.66. The van der Waals surface area contributed by atoms with Gasteiger partial charge in [0.1, 0.15) is 0 Å². The maximum absolute atomic E-state index is 11.6. The van der Waals surface area contributed by atoms with Gasteiger partial charge in [-0.15, -0.1) is 0 Å². The SMILES string of the molecule is CCOC(=O)CS(=O)(=O)NC1CCC(O)CC1. The van der Waals surface area contributed by atoms with E-state index >= 15 is 0 Å². The highest BCUT2D eigenvalue weighted by Crippen LogP contribution is 2.18. The summed E-state index contributed by atoms with van der Waals surface area (Å²) in [4.78, 5) is 11.1. The Kier molecular flexibility index (Phi) is 5.35. The van der Waals surface area contributed by atoms with Crippen molar-refractivity contribution in [3.8, 4) is 0 Å². The minimum atomic E-state index is -3.63. The van der Waals surface area contributed by atoms with E-state index in [0.717, 1.165) is 0 Å². The van der Waals surface area contributed by atoms with Gasteiger partial charge in [-0.1, -0.05) is 0 Å². The number of sulfonamides is 1. The third-order valence-corrected chi connectivity index (χ3v) is 3.96. The van der Waals surface area contributed by atoms with Crippen molar-refractivity contribution in [2.75, 3.05) is 12.4 Å². The van der Waals surface area contributed by atoms with Crippen LogP contribution >= 0.6 is 0 Å². The molecule has 0 heterocycles. The number of hydrogen-bond acceptors (Lipinski definition) is 5. The van der Waals surface area contributed by atoms with Crippen LogP contribution in [0.1, 0.15) is 32.6 Å². The van der Waals surface area contributed by atoms with Gasteiger partial charge in [-0.05, 0) is 32.6 Å². The highest BCUT2D eigenvalue weighted by molar-refractivity contribution is 7.90. The van der Waals surface area contributed by atoms with Crippen LogP contribution in [0.5, 0.6) is 0 Å². The van der Waals surface area contributed by atoms with Crippen molar-refractivity contribution in [3.05, 3.63) is 0 Å². The van der Waals surface area contributed by atoms with Crippen molar-refractivity contribution < 1.29 is 23.1 Å². The summed E-state index contributed by atoms with van der Waals surface area (Å²) < 4.78 is 30.2. The lowest BCUT2D eigenvalue weighted by molar-refractivity contribution is -0.139. The number of aliphatic hydroxyl groups excluding tert-OH is 1. The van der Waals surface area contributed by atoms with E-state index in [1.165, 1.54) is 0 Å². The van der Waals surface area contributed by atoms with Crippen molar-refractivity contribution in [1.29, 1.82) is 0 Å². The molecule has 0 aliphatic heterocycles. The molecule has 0 saturated heterocycles. The first kappa shape index (κ1) is 14.4. The van der Waals surface area contributed by atoms with Gasteiger partial charge in [-0.25, -0.2) is 13.1 Å². The number of carbonyl (C=O) groups is 1. The van der Waals surface area contributed by atoms with Crippen LogP contribution in [0, 0.1) is 0 Å². The van der Waals surface area contributed by atoms with Crippen LogP contribution < -0.4 is 4.72 Å². The zero-order valence-electron chi connectivity index (χ0n) is 9.89. The molecule has 0 aromatic heterocycles. The molecule has 1 aliphatic carbocycles. The molecule has 1 rings (SSSR count). The lowest BCUT2D eigenvalue weighted by Gasteiger charge is -2.25. The van der Waals surface area contributed by atoms with Crippen molar-refractivity contribution >= 4 is 16.0 Å². The topological polar surface area (TPSA) is 92.7 Å². The van der Waals surface area contributed by atoms with Gasteiger partial charge < -0.3 is 9.84 Å².